The molecule has 3 aromatic carbocycles. The van der Waals surface area contributed by atoms with Crippen LogP contribution in [0.2, 0.25) is 5.02 Å². The van der Waals surface area contributed by atoms with Gasteiger partial charge in [0.25, 0.3) is 0 Å². The quantitative estimate of drug-likeness (QED) is 0.332. The van der Waals surface area contributed by atoms with Gasteiger partial charge >= 0.3 is 0 Å². The average molecular weight is 424 g/mol. The highest BCUT2D eigenvalue weighted by Gasteiger charge is 2.10. The van der Waals surface area contributed by atoms with E-state index in [1.165, 1.54) is 12.1 Å². The van der Waals surface area contributed by atoms with E-state index in [1.54, 1.807) is 24.4 Å². The fourth-order valence-corrected chi connectivity index (χ4v) is 3.58. The lowest BCUT2D eigenvalue weighted by atomic mass is 9.98. The number of nitrogens with zero attached hydrogens (tertiary/aromatic N) is 1. The number of aromatic nitrogens is 1. The fourth-order valence-electron chi connectivity index (χ4n) is 3.47. The summed E-state index contributed by atoms with van der Waals surface area (Å²) in [6.07, 6.45) is 2.70. The maximum atomic E-state index is 15.1. The second-order valence-electron chi connectivity index (χ2n) is 7.04. The molecule has 0 saturated carbocycles. The van der Waals surface area contributed by atoms with Crippen LogP contribution in [0.15, 0.2) is 66.9 Å². The first-order valence-corrected chi connectivity index (χ1v) is 10.2. The predicted octanol–water partition coefficient (Wildman–Crippen LogP) is 7.02. The lowest BCUT2D eigenvalue weighted by Crippen LogP contribution is -1.97. The number of fused-ring (bicyclic) bond motifs is 1. The highest BCUT2D eigenvalue weighted by Crippen LogP contribution is 2.28. The van der Waals surface area contributed by atoms with Crippen LogP contribution in [-0.4, -0.2) is 11.6 Å². The summed E-state index contributed by atoms with van der Waals surface area (Å²) < 4.78 is 34.1. The lowest BCUT2D eigenvalue weighted by Gasteiger charge is -2.09. The summed E-state index contributed by atoms with van der Waals surface area (Å²) >= 11 is 5.72. The van der Waals surface area contributed by atoms with Gasteiger partial charge in [-0.25, -0.2) is 8.78 Å². The van der Waals surface area contributed by atoms with Gasteiger partial charge in [0.2, 0.25) is 0 Å². The predicted molar refractivity (Wildman–Crippen MR) is 117 cm³/mol. The first-order chi connectivity index (χ1) is 14.5. The minimum Gasteiger partial charge on any atom is -0.492 e. The van der Waals surface area contributed by atoms with Crippen molar-refractivity contribution in [2.24, 2.45) is 0 Å². The summed E-state index contributed by atoms with van der Waals surface area (Å²) in [6.45, 7) is 2.51. The number of pyridine rings is 1. The molecular formula is C25H20ClF2NO. The second kappa shape index (κ2) is 8.80. The summed E-state index contributed by atoms with van der Waals surface area (Å²) in [5.41, 5.74) is 3.10. The normalized spacial score (nSPS) is 11.1. The van der Waals surface area contributed by atoms with E-state index in [-0.39, 0.29) is 10.8 Å². The Morgan fingerprint density at radius 2 is 1.80 bits per heavy atom. The van der Waals surface area contributed by atoms with Gasteiger partial charge in [-0.3, -0.25) is 4.98 Å². The molecule has 0 unspecified atom stereocenters. The van der Waals surface area contributed by atoms with Crippen molar-refractivity contribution in [1.29, 1.82) is 0 Å². The molecule has 0 aliphatic rings. The maximum absolute atomic E-state index is 15.1. The molecule has 2 nitrogen and oxygen atoms in total. The number of aryl methyl sites for hydroxylation is 2. The van der Waals surface area contributed by atoms with Gasteiger partial charge in [0, 0.05) is 10.9 Å². The van der Waals surface area contributed by atoms with Crippen molar-refractivity contribution in [2.75, 3.05) is 6.61 Å². The van der Waals surface area contributed by atoms with Crippen LogP contribution in [-0.2, 0) is 12.8 Å². The number of halogens is 3. The molecule has 0 aliphatic carbocycles. The Balaban J connectivity index is 1.56. The zero-order valence-corrected chi connectivity index (χ0v) is 17.2. The molecule has 1 heterocycles. The van der Waals surface area contributed by atoms with Crippen molar-refractivity contribution < 1.29 is 13.5 Å². The molecule has 1 aromatic heterocycles. The largest absolute Gasteiger partial charge is 0.492 e. The van der Waals surface area contributed by atoms with Gasteiger partial charge in [0.05, 0.1) is 23.5 Å². The van der Waals surface area contributed by atoms with Crippen LogP contribution in [0, 0.1) is 11.6 Å². The van der Waals surface area contributed by atoms with Gasteiger partial charge in [0.1, 0.15) is 17.4 Å². The number of hydrogen-bond donors (Lipinski definition) is 0. The molecule has 30 heavy (non-hydrogen) atoms. The van der Waals surface area contributed by atoms with E-state index in [0.29, 0.717) is 30.4 Å². The first kappa shape index (κ1) is 20.3. The molecule has 0 bridgehead atoms. The van der Waals surface area contributed by atoms with Crippen molar-refractivity contribution >= 4 is 22.4 Å². The van der Waals surface area contributed by atoms with Crippen LogP contribution < -0.4 is 4.74 Å². The van der Waals surface area contributed by atoms with Gasteiger partial charge in [-0.15, -0.1) is 0 Å². The number of hydrogen-bond acceptors (Lipinski definition) is 2. The summed E-state index contributed by atoms with van der Waals surface area (Å²) in [5, 5.41) is 1.46. The highest BCUT2D eigenvalue weighted by atomic mass is 35.5. The molecule has 152 valence electrons. The fraction of sp³-hybridized carbons (Fsp3) is 0.160. The van der Waals surface area contributed by atoms with Crippen LogP contribution >= 0.6 is 11.6 Å². The number of ether oxygens (including phenoxy) is 1. The Labute approximate surface area is 179 Å². The zero-order chi connectivity index (χ0) is 21.1. The van der Waals surface area contributed by atoms with Crippen molar-refractivity contribution in [3.8, 4) is 17.0 Å². The molecule has 0 N–H and O–H groups in total. The standard InChI is InChI=1S/C25H20ClF2NO/c1-2-30-20-9-12-24(29-15-20)19-8-10-21-18(14-19)7-6-17(25(21)28)5-3-16-4-11-22(26)23(27)13-16/h4,6-15H,2-3,5H2,1H3. The number of benzene rings is 3. The average Bonchev–Trinajstić information content (AvgIpc) is 2.76. The van der Waals surface area contributed by atoms with Crippen LogP contribution in [0.1, 0.15) is 18.1 Å². The van der Waals surface area contributed by atoms with E-state index >= 15 is 4.39 Å². The first-order valence-electron chi connectivity index (χ1n) is 9.79. The smallest absolute Gasteiger partial charge is 0.142 e. The van der Waals surface area contributed by atoms with E-state index in [1.807, 2.05) is 37.3 Å². The Morgan fingerprint density at radius 1 is 0.933 bits per heavy atom. The molecule has 5 heteroatoms. The van der Waals surface area contributed by atoms with E-state index in [9.17, 15) is 4.39 Å². The third-order valence-electron chi connectivity index (χ3n) is 5.04. The van der Waals surface area contributed by atoms with Gasteiger partial charge < -0.3 is 4.74 Å². The van der Waals surface area contributed by atoms with Crippen molar-refractivity contribution in [3.05, 3.63) is 94.6 Å². The summed E-state index contributed by atoms with van der Waals surface area (Å²) in [6, 6.07) is 17.7. The van der Waals surface area contributed by atoms with Crippen LogP contribution in [0.5, 0.6) is 5.75 Å². The van der Waals surface area contributed by atoms with Crippen LogP contribution in [0.25, 0.3) is 22.0 Å². The topological polar surface area (TPSA) is 22.1 Å². The lowest BCUT2D eigenvalue weighted by molar-refractivity contribution is 0.339. The molecule has 4 rings (SSSR count). The van der Waals surface area contributed by atoms with Crippen LogP contribution in [0.3, 0.4) is 0 Å². The molecule has 0 atom stereocenters. The minimum atomic E-state index is -0.455. The van der Waals surface area contributed by atoms with Gasteiger partial charge in [-0.2, -0.15) is 0 Å². The van der Waals surface area contributed by atoms with Crippen LogP contribution in [0.4, 0.5) is 8.78 Å². The Kier molecular flexibility index (Phi) is 5.96. The van der Waals surface area contributed by atoms with Crippen molar-refractivity contribution in [3.63, 3.8) is 0 Å². The second-order valence-corrected chi connectivity index (χ2v) is 7.44. The van der Waals surface area contributed by atoms with Gasteiger partial charge in [-0.05, 0) is 66.6 Å². The number of rotatable bonds is 6. The van der Waals surface area contributed by atoms with E-state index in [4.69, 9.17) is 16.3 Å². The maximum Gasteiger partial charge on any atom is 0.142 e. The monoisotopic (exact) mass is 423 g/mol. The van der Waals surface area contributed by atoms with E-state index < -0.39 is 5.82 Å². The SMILES string of the molecule is CCOc1ccc(-c2ccc3c(F)c(CCc4ccc(Cl)c(F)c4)ccc3c2)nc1. The highest BCUT2D eigenvalue weighted by molar-refractivity contribution is 6.30. The molecule has 0 fully saturated rings. The third-order valence-corrected chi connectivity index (χ3v) is 5.35. The molecule has 0 saturated heterocycles. The van der Waals surface area contributed by atoms with Gasteiger partial charge in [-0.1, -0.05) is 41.9 Å². The zero-order valence-electron chi connectivity index (χ0n) is 16.5. The summed E-state index contributed by atoms with van der Waals surface area (Å²) in [5.74, 6) is 0.0232. The summed E-state index contributed by atoms with van der Waals surface area (Å²) in [4.78, 5) is 4.43. The molecule has 0 radical (unpaired) electrons. The Bertz CT molecular complexity index is 1190. The molecular weight excluding hydrogens is 404 g/mol. The van der Waals surface area contributed by atoms with Crippen molar-refractivity contribution in [2.45, 2.75) is 19.8 Å². The van der Waals surface area contributed by atoms with E-state index in [0.717, 1.165) is 28.0 Å². The molecule has 0 aliphatic heterocycles. The molecule has 4 aromatic rings. The van der Waals surface area contributed by atoms with Gasteiger partial charge in [0.15, 0.2) is 0 Å². The minimum absolute atomic E-state index is 0.0912. The third kappa shape index (κ3) is 4.29. The van der Waals surface area contributed by atoms with E-state index in [2.05, 4.69) is 4.98 Å². The molecule has 0 amide bonds. The van der Waals surface area contributed by atoms with Crippen molar-refractivity contribution in [1.82, 2.24) is 4.98 Å². The molecule has 0 spiro atoms. The summed E-state index contributed by atoms with van der Waals surface area (Å²) in [7, 11) is 0. The Morgan fingerprint density at radius 3 is 2.53 bits per heavy atom. The Hall–Kier alpha value is -2.98.